The van der Waals surface area contributed by atoms with Gasteiger partial charge in [0.2, 0.25) is 0 Å². The highest BCUT2D eigenvalue weighted by Gasteiger charge is 2.12. The highest BCUT2D eigenvalue weighted by Crippen LogP contribution is 2.33. The Morgan fingerprint density at radius 2 is 0.974 bits per heavy atom. The van der Waals surface area contributed by atoms with Crippen LogP contribution < -0.4 is 5.73 Å². The van der Waals surface area contributed by atoms with E-state index in [-0.39, 0.29) is 0 Å². The molecule has 3 heteroatoms. The van der Waals surface area contributed by atoms with E-state index in [1.807, 2.05) is 12.2 Å². The average Bonchev–Trinajstić information content (AvgIpc) is 3.51. The van der Waals surface area contributed by atoms with Crippen LogP contribution in [0.15, 0.2) is 146 Å². The Morgan fingerprint density at radius 3 is 1.46 bits per heavy atom. The zero-order valence-electron chi connectivity index (χ0n) is 21.5. The van der Waals surface area contributed by atoms with E-state index in [1.165, 1.54) is 32.6 Å². The van der Waals surface area contributed by atoms with Gasteiger partial charge in [-0.1, -0.05) is 97.6 Å². The lowest BCUT2D eigenvalue weighted by Gasteiger charge is -2.10. The number of rotatable bonds is 5. The predicted molar refractivity (Wildman–Crippen MR) is 167 cm³/mol. The Kier molecular flexibility index (Phi) is 5.42. The molecule has 0 amide bonds. The van der Waals surface area contributed by atoms with Gasteiger partial charge in [0.05, 0.1) is 22.1 Å². The third-order valence-electron chi connectivity index (χ3n) is 7.54. The second-order valence-electron chi connectivity index (χ2n) is 9.73. The zero-order chi connectivity index (χ0) is 26.3. The maximum absolute atomic E-state index is 6.12. The molecule has 0 fully saturated rings. The Hall–Kier alpha value is -5.28. The van der Waals surface area contributed by atoms with Crippen molar-refractivity contribution in [3.05, 3.63) is 152 Å². The van der Waals surface area contributed by atoms with Crippen molar-refractivity contribution < 1.29 is 0 Å². The van der Waals surface area contributed by atoms with E-state index in [0.29, 0.717) is 0 Å². The molecule has 0 atom stereocenters. The summed E-state index contributed by atoms with van der Waals surface area (Å²) in [7, 11) is 0. The van der Waals surface area contributed by atoms with Gasteiger partial charge in [-0.2, -0.15) is 0 Å². The van der Waals surface area contributed by atoms with Gasteiger partial charge in [-0.05, 0) is 53.6 Å². The third-order valence-corrected chi connectivity index (χ3v) is 7.54. The molecule has 0 aliphatic carbocycles. The molecule has 39 heavy (non-hydrogen) atoms. The summed E-state index contributed by atoms with van der Waals surface area (Å²) in [6, 6.07) is 42.6. The summed E-state index contributed by atoms with van der Waals surface area (Å²) in [5.74, 6) is 0. The first kappa shape index (κ1) is 22.9. The van der Waals surface area contributed by atoms with E-state index in [4.69, 9.17) is 5.73 Å². The van der Waals surface area contributed by atoms with Crippen molar-refractivity contribution in [3.8, 4) is 5.69 Å². The molecule has 2 N–H and O–H groups in total. The molecule has 0 saturated carbocycles. The predicted octanol–water partition coefficient (Wildman–Crippen LogP) is 8.92. The van der Waals surface area contributed by atoms with Crippen LogP contribution in [0.5, 0.6) is 0 Å². The molecule has 0 spiro atoms. The molecule has 2 heterocycles. The largest absolute Gasteiger partial charge is 0.404 e. The first-order chi connectivity index (χ1) is 19.2. The number of fused-ring (bicyclic) bond motifs is 6. The van der Waals surface area contributed by atoms with Gasteiger partial charge >= 0.3 is 0 Å². The molecule has 5 aromatic carbocycles. The minimum absolute atomic E-state index is 0.883. The molecule has 3 nitrogen and oxygen atoms in total. The van der Waals surface area contributed by atoms with E-state index in [0.717, 1.165) is 33.6 Å². The van der Waals surface area contributed by atoms with E-state index in [1.54, 1.807) is 6.20 Å². The Morgan fingerprint density at radius 1 is 0.538 bits per heavy atom. The van der Waals surface area contributed by atoms with Crippen molar-refractivity contribution in [2.75, 3.05) is 0 Å². The highest BCUT2D eigenvalue weighted by molar-refractivity contribution is 6.11. The number of nitrogens with zero attached hydrogens (tertiary/aromatic N) is 2. The lowest BCUT2D eigenvalue weighted by molar-refractivity contribution is 1.18. The topological polar surface area (TPSA) is 35.9 Å². The summed E-state index contributed by atoms with van der Waals surface area (Å²) in [5.41, 5.74) is 14.8. The lowest BCUT2D eigenvalue weighted by atomic mass is 10.1. The smallest absolute Gasteiger partial charge is 0.0541 e. The molecule has 0 radical (unpaired) electrons. The molecule has 7 rings (SSSR count). The molecular weight excluding hydrogens is 474 g/mol. The van der Waals surface area contributed by atoms with Gasteiger partial charge in [0.1, 0.15) is 0 Å². The Balaban J connectivity index is 1.24. The summed E-state index contributed by atoms with van der Waals surface area (Å²) in [6.07, 6.45) is 5.74. The molecule has 0 unspecified atom stereocenters. The van der Waals surface area contributed by atoms with E-state index < -0.39 is 0 Å². The second kappa shape index (κ2) is 9.23. The maximum atomic E-state index is 6.12. The van der Waals surface area contributed by atoms with Gasteiger partial charge in [-0.3, -0.25) is 0 Å². The van der Waals surface area contributed by atoms with Crippen molar-refractivity contribution in [2.24, 2.45) is 5.73 Å². The summed E-state index contributed by atoms with van der Waals surface area (Å²) >= 11 is 0. The van der Waals surface area contributed by atoms with Crippen LogP contribution in [0.4, 0.5) is 0 Å². The SMILES string of the molecule is C=C(/C=C\C(=C/N)c1ccc(-n2c3ccccc3c3ccccc32)cc1)n1c2ccccc2c2ccccc21. The molecule has 7 aromatic rings. The molecule has 2 aromatic heterocycles. The lowest BCUT2D eigenvalue weighted by Crippen LogP contribution is -1.95. The van der Waals surface area contributed by atoms with Crippen molar-refractivity contribution in [2.45, 2.75) is 0 Å². The monoisotopic (exact) mass is 501 g/mol. The normalized spacial score (nSPS) is 12.4. The highest BCUT2D eigenvalue weighted by atomic mass is 15.0. The second-order valence-corrected chi connectivity index (χ2v) is 9.73. The Labute approximate surface area is 227 Å². The minimum atomic E-state index is 0.883. The summed E-state index contributed by atoms with van der Waals surface area (Å²) in [6.45, 7) is 4.41. The Bertz CT molecular complexity index is 1980. The van der Waals surface area contributed by atoms with Crippen LogP contribution in [-0.4, -0.2) is 9.13 Å². The van der Waals surface area contributed by atoms with Crippen LogP contribution >= 0.6 is 0 Å². The third kappa shape index (κ3) is 3.67. The molecule has 0 aliphatic heterocycles. The van der Waals surface area contributed by atoms with Crippen LogP contribution in [0, 0.1) is 0 Å². The van der Waals surface area contributed by atoms with Crippen molar-refractivity contribution in [1.82, 2.24) is 9.13 Å². The minimum Gasteiger partial charge on any atom is -0.404 e. The van der Waals surface area contributed by atoms with Gasteiger partial charge in [0, 0.05) is 39.1 Å². The van der Waals surface area contributed by atoms with Crippen molar-refractivity contribution in [3.63, 3.8) is 0 Å². The quantitative estimate of drug-likeness (QED) is 0.235. The van der Waals surface area contributed by atoms with E-state index in [9.17, 15) is 0 Å². The molecule has 0 saturated heterocycles. The van der Waals surface area contributed by atoms with Gasteiger partial charge in [-0.25, -0.2) is 0 Å². The van der Waals surface area contributed by atoms with Gasteiger partial charge in [0.25, 0.3) is 0 Å². The molecule has 186 valence electrons. The van der Waals surface area contributed by atoms with Crippen LogP contribution in [0.1, 0.15) is 5.56 Å². The number of nitrogens with two attached hydrogens (primary N) is 1. The number of benzene rings is 5. The zero-order valence-corrected chi connectivity index (χ0v) is 21.5. The number of hydrogen-bond donors (Lipinski definition) is 1. The summed E-state index contributed by atoms with van der Waals surface area (Å²) in [4.78, 5) is 0. The fourth-order valence-electron chi connectivity index (χ4n) is 5.74. The summed E-state index contributed by atoms with van der Waals surface area (Å²) in [5, 5.41) is 4.95. The number of hydrogen-bond acceptors (Lipinski definition) is 1. The number of allylic oxidation sites excluding steroid dienone is 4. The fourth-order valence-corrected chi connectivity index (χ4v) is 5.74. The van der Waals surface area contributed by atoms with Crippen LogP contribution in [0.25, 0.3) is 60.6 Å². The average molecular weight is 502 g/mol. The van der Waals surface area contributed by atoms with Crippen LogP contribution in [-0.2, 0) is 0 Å². The van der Waals surface area contributed by atoms with E-state index in [2.05, 4.69) is 137 Å². The van der Waals surface area contributed by atoms with Gasteiger partial charge < -0.3 is 14.9 Å². The molecular formula is C36H27N3. The van der Waals surface area contributed by atoms with Gasteiger partial charge in [-0.15, -0.1) is 0 Å². The molecule has 0 bridgehead atoms. The first-order valence-electron chi connectivity index (χ1n) is 13.1. The maximum Gasteiger partial charge on any atom is 0.0541 e. The van der Waals surface area contributed by atoms with Crippen LogP contribution in [0.3, 0.4) is 0 Å². The van der Waals surface area contributed by atoms with E-state index >= 15 is 0 Å². The summed E-state index contributed by atoms with van der Waals surface area (Å²) < 4.78 is 4.53. The van der Waals surface area contributed by atoms with Gasteiger partial charge in [0.15, 0.2) is 0 Å². The molecule has 0 aliphatic rings. The number of aromatic nitrogens is 2. The van der Waals surface area contributed by atoms with Crippen molar-refractivity contribution in [1.29, 1.82) is 0 Å². The first-order valence-corrected chi connectivity index (χ1v) is 13.1. The number of para-hydroxylation sites is 4. The fraction of sp³-hybridized carbons (Fsp3) is 0. The van der Waals surface area contributed by atoms with Crippen molar-refractivity contribution >= 4 is 54.9 Å². The van der Waals surface area contributed by atoms with Crippen LogP contribution in [0.2, 0.25) is 0 Å². The standard InChI is InChI=1S/C36H27N3/c1-25(38-33-14-6-2-10-29(33)30-11-3-7-15-34(30)38)18-19-27(24-37)26-20-22-28(23-21-26)39-35-16-8-4-12-31(35)32-13-5-9-17-36(32)39/h2-24H,1,37H2/b19-18-,27-24+.